The zero-order valence-electron chi connectivity index (χ0n) is 7.92. The van der Waals surface area contributed by atoms with Gasteiger partial charge in [-0.15, -0.1) is 0 Å². The van der Waals surface area contributed by atoms with Crippen molar-refractivity contribution < 1.29 is 9.90 Å². The van der Waals surface area contributed by atoms with Gasteiger partial charge >= 0.3 is 5.97 Å². The monoisotopic (exact) mass is 187 g/mol. The molecule has 0 aromatic heterocycles. The Bertz CT molecular complexity index is 180. The predicted octanol–water partition coefficient (Wildman–Crippen LogP) is -0.182. The van der Waals surface area contributed by atoms with Crippen LogP contribution >= 0.6 is 0 Å². The van der Waals surface area contributed by atoms with Crippen LogP contribution in [-0.2, 0) is 4.79 Å². The highest BCUT2D eigenvalue weighted by atomic mass is 16.4. The summed E-state index contributed by atoms with van der Waals surface area (Å²) in [5.41, 5.74) is 5.53. The molecule has 5 nitrogen and oxygen atoms in total. The van der Waals surface area contributed by atoms with Crippen molar-refractivity contribution in [3.8, 4) is 0 Å². The Hall–Kier alpha value is -1.10. The van der Waals surface area contributed by atoms with Gasteiger partial charge in [-0.2, -0.15) is 0 Å². The third-order valence-electron chi connectivity index (χ3n) is 1.50. The van der Waals surface area contributed by atoms with Crippen molar-refractivity contribution >= 4 is 11.8 Å². The minimum atomic E-state index is -0.789. The number of carboxylic acids is 1. The maximum Gasteiger partial charge on any atom is 0.303 e. The molecule has 0 saturated heterocycles. The van der Waals surface area contributed by atoms with Crippen molar-refractivity contribution in [3.63, 3.8) is 0 Å². The summed E-state index contributed by atoms with van der Waals surface area (Å²) in [6.45, 7) is 1.44. The average molecular weight is 187 g/mol. The molecule has 4 N–H and O–H groups in total. The van der Waals surface area contributed by atoms with Crippen LogP contribution in [0.25, 0.3) is 0 Å². The van der Waals surface area contributed by atoms with Gasteiger partial charge in [0.1, 0.15) is 0 Å². The highest BCUT2D eigenvalue weighted by Gasteiger charge is 1.97. The topological polar surface area (TPSA) is 87.7 Å². The van der Waals surface area contributed by atoms with Crippen LogP contribution in [0, 0.1) is 0 Å². The van der Waals surface area contributed by atoms with Crippen LogP contribution in [-0.4, -0.2) is 37.0 Å². The molecule has 0 unspecified atom stereocenters. The number of nitrogens with two attached hydrogens (primary N) is 1. The molecule has 0 atom stereocenters. The van der Waals surface area contributed by atoms with Gasteiger partial charge in [-0.3, -0.25) is 9.79 Å². The number of nitrogens with one attached hydrogen (secondary N) is 1. The normalized spacial score (nSPS) is 11.6. The summed E-state index contributed by atoms with van der Waals surface area (Å²) >= 11 is 0. The standard InChI is InChI=1S/C8H17N3O2/c1-10-5-6-11-7(9)3-2-4-8(12)13/h10H,2-6H2,1H3,(H2,9,11)(H,12,13). The fourth-order valence-electron chi connectivity index (χ4n) is 0.811. The van der Waals surface area contributed by atoms with Crippen LogP contribution < -0.4 is 11.1 Å². The average Bonchev–Trinajstić information content (AvgIpc) is 2.04. The highest BCUT2D eigenvalue weighted by molar-refractivity contribution is 5.80. The first-order valence-corrected chi connectivity index (χ1v) is 4.32. The summed E-state index contributed by atoms with van der Waals surface area (Å²) in [5, 5.41) is 11.3. The van der Waals surface area contributed by atoms with E-state index >= 15 is 0 Å². The van der Waals surface area contributed by atoms with Gasteiger partial charge in [0.15, 0.2) is 0 Å². The maximum atomic E-state index is 10.2. The zero-order chi connectivity index (χ0) is 10.1. The molecule has 0 saturated carbocycles. The molecule has 0 spiro atoms. The van der Waals surface area contributed by atoms with Crippen molar-refractivity contribution in [3.05, 3.63) is 0 Å². The number of hydrogen-bond donors (Lipinski definition) is 3. The van der Waals surface area contributed by atoms with E-state index in [1.54, 1.807) is 0 Å². The van der Waals surface area contributed by atoms with E-state index in [-0.39, 0.29) is 6.42 Å². The highest BCUT2D eigenvalue weighted by Crippen LogP contribution is 1.94. The Balaban J connectivity index is 3.43. The third-order valence-corrected chi connectivity index (χ3v) is 1.50. The number of amidine groups is 1. The van der Waals surface area contributed by atoms with Gasteiger partial charge in [0.05, 0.1) is 12.4 Å². The van der Waals surface area contributed by atoms with Crippen LogP contribution in [0.5, 0.6) is 0 Å². The second kappa shape index (κ2) is 7.54. The van der Waals surface area contributed by atoms with Crippen molar-refractivity contribution in [1.82, 2.24) is 5.32 Å². The first-order valence-electron chi connectivity index (χ1n) is 4.32. The SMILES string of the molecule is CNCCN=C(N)CCCC(=O)O. The molecule has 0 amide bonds. The number of aliphatic carboxylic acids is 1. The quantitative estimate of drug-likeness (QED) is 0.293. The van der Waals surface area contributed by atoms with Gasteiger partial charge in [0, 0.05) is 19.4 Å². The van der Waals surface area contributed by atoms with Gasteiger partial charge in [-0.25, -0.2) is 0 Å². The zero-order valence-corrected chi connectivity index (χ0v) is 7.92. The molecular formula is C8H17N3O2. The van der Waals surface area contributed by atoms with Crippen molar-refractivity contribution in [2.75, 3.05) is 20.1 Å². The van der Waals surface area contributed by atoms with E-state index in [0.29, 0.717) is 25.2 Å². The van der Waals surface area contributed by atoms with E-state index in [4.69, 9.17) is 10.8 Å². The second-order valence-electron chi connectivity index (χ2n) is 2.72. The Morgan fingerprint density at radius 3 is 2.77 bits per heavy atom. The van der Waals surface area contributed by atoms with E-state index in [0.717, 1.165) is 6.54 Å². The van der Waals surface area contributed by atoms with E-state index < -0.39 is 5.97 Å². The predicted molar refractivity (Wildman–Crippen MR) is 51.9 cm³/mol. The smallest absolute Gasteiger partial charge is 0.303 e. The van der Waals surface area contributed by atoms with Crippen molar-refractivity contribution in [2.45, 2.75) is 19.3 Å². The molecule has 0 aromatic rings. The molecule has 0 radical (unpaired) electrons. The Labute approximate surface area is 78.0 Å². The van der Waals surface area contributed by atoms with E-state index in [1.165, 1.54) is 0 Å². The van der Waals surface area contributed by atoms with Crippen molar-refractivity contribution in [1.29, 1.82) is 0 Å². The Morgan fingerprint density at radius 2 is 2.23 bits per heavy atom. The summed E-state index contributed by atoms with van der Waals surface area (Å²) in [6.07, 6.45) is 1.28. The van der Waals surface area contributed by atoms with Crippen LogP contribution in [0.2, 0.25) is 0 Å². The third kappa shape index (κ3) is 8.81. The lowest BCUT2D eigenvalue weighted by atomic mass is 10.2. The first kappa shape index (κ1) is 11.9. The van der Waals surface area contributed by atoms with Gasteiger partial charge in [0.25, 0.3) is 0 Å². The summed E-state index contributed by atoms with van der Waals surface area (Å²) < 4.78 is 0. The summed E-state index contributed by atoms with van der Waals surface area (Å²) in [4.78, 5) is 14.2. The Kier molecular flexibility index (Phi) is 6.91. The molecule has 76 valence electrons. The molecule has 0 aliphatic rings. The fraction of sp³-hybridized carbons (Fsp3) is 0.750. The number of likely N-dealkylation sites (N-methyl/N-ethyl adjacent to an activating group) is 1. The van der Waals surface area contributed by atoms with Crippen LogP contribution in [0.3, 0.4) is 0 Å². The number of hydrogen-bond acceptors (Lipinski definition) is 3. The number of carboxylic acid groups (broad SMARTS) is 1. The summed E-state index contributed by atoms with van der Waals surface area (Å²) in [7, 11) is 1.84. The molecule has 0 aliphatic carbocycles. The largest absolute Gasteiger partial charge is 0.481 e. The van der Waals surface area contributed by atoms with Gasteiger partial charge in [-0.1, -0.05) is 0 Å². The molecule has 0 heterocycles. The molecule has 0 aliphatic heterocycles. The van der Waals surface area contributed by atoms with E-state index in [9.17, 15) is 4.79 Å². The van der Waals surface area contributed by atoms with E-state index in [2.05, 4.69) is 10.3 Å². The van der Waals surface area contributed by atoms with Gasteiger partial charge in [0.2, 0.25) is 0 Å². The lowest BCUT2D eigenvalue weighted by Crippen LogP contribution is -2.16. The van der Waals surface area contributed by atoms with Crippen LogP contribution in [0.1, 0.15) is 19.3 Å². The molecule has 0 rings (SSSR count). The number of carbonyl (C=O) groups is 1. The minimum absolute atomic E-state index is 0.155. The minimum Gasteiger partial charge on any atom is -0.481 e. The molecule has 0 fully saturated rings. The Morgan fingerprint density at radius 1 is 1.54 bits per heavy atom. The molecular weight excluding hydrogens is 170 g/mol. The number of rotatable bonds is 7. The number of nitrogens with zero attached hydrogens (tertiary/aromatic N) is 1. The molecule has 13 heavy (non-hydrogen) atoms. The van der Waals surface area contributed by atoms with E-state index in [1.807, 2.05) is 7.05 Å². The van der Waals surface area contributed by atoms with Gasteiger partial charge in [-0.05, 0) is 13.5 Å². The lowest BCUT2D eigenvalue weighted by molar-refractivity contribution is -0.137. The second-order valence-corrected chi connectivity index (χ2v) is 2.72. The van der Waals surface area contributed by atoms with Gasteiger partial charge < -0.3 is 16.2 Å². The fourth-order valence-corrected chi connectivity index (χ4v) is 0.811. The lowest BCUT2D eigenvalue weighted by Gasteiger charge is -1.99. The number of aliphatic imine (C=N–C) groups is 1. The summed E-state index contributed by atoms with van der Waals surface area (Å²) in [5.74, 6) is -0.250. The van der Waals surface area contributed by atoms with Crippen LogP contribution in [0.4, 0.5) is 0 Å². The first-order chi connectivity index (χ1) is 6.16. The molecule has 5 heteroatoms. The van der Waals surface area contributed by atoms with Crippen LogP contribution in [0.15, 0.2) is 4.99 Å². The molecule has 0 bridgehead atoms. The summed E-state index contributed by atoms with van der Waals surface area (Å²) in [6, 6.07) is 0. The molecule has 0 aromatic carbocycles. The van der Waals surface area contributed by atoms with Crippen molar-refractivity contribution in [2.24, 2.45) is 10.7 Å². The maximum absolute atomic E-state index is 10.2.